The van der Waals surface area contributed by atoms with Crippen molar-refractivity contribution in [1.82, 2.24) is 19.9 Å². The van der Waals surface area contributed by atoms with Crippen molar-refractivity contribution < 1.29 is 23.0 Å². The molecule has 3 N–H and O–H groups in total. The van der Waals surface area contributed by atoms with Crippen LogP contribution in [0.15, 0.2) is 60.2 Å². The van der Waals surface area contributed by atoms with Crippen LogP contribution in [0.25, 0.3) is 11.0 Å². The predicted octanol–water partition coefficient (Wildman–Crippen LogP) is 4.87. The van der Waals surface area contributed by atoms with Gasteiger partial charge in [-0.2, -0.15) is 5.10 Å². The molecule has 2 aromatic heterocycles. The number of benzene rings is 2. The number of hydrazone groups is 1. The number of phenolic OH excluding ortho intramolecular Hbond substituents is 1. The molecule has 0 saturated heterocycles. The summed E-state index contributed by atoms with van der Waals surface area (Å²) in [5.41, 5.74) is 4.24. The second kappa shape index (κ2) is 9.12. The van der Waals surface area contributed by atoms with Gasteiger partial charge < -0.3 is 15.2 Å². The Bertz CT molecular complexity index is 1320. The molecule has 0 bridgehead atoms. The second-order valence-corrected chi connectivity index (χ2v) is 6.85. The summed E-state index contributed by atoms with van der Waals surface area (Å²) in [5, 5.41) is 17.3. The van der Waals surface area contributed by atoms with Crippen LogP contribution in [-0.2, 0) is 0 Å². The van der Waals surface area contributed by atoms with Gasteiger partial charge in [-0.3, -0.25) is 5.43 Å². The minimum Gasteiger partial charge on any atom is -0.507 e. The highest BCUT2D eigenvalue weighted by molar-refractivity contribution is 6.30. The fourth-order valence-electron chi connectivity index (χ4n) is 2.72. The topological polar surface area (TPSA) is 117 Å². The third-order valence-electron chi connectivity index (χ3n) is 4.13. The van der Waals surface area contributed by atoms with Crippen LogP contribution >= 0.6 is 11.6 Å². The van der Waals surface area contributed by atoms with Gasteiger partial charge in [0.2, 0.25) is 0 Å². The van der Waals surface area contributed by atoms with Crippen molar-refractivity contribution in [3.05, 3.63) is 65.7 Å². The van der Waals surface area contributed by atoms with Crippen LogP contribution in [0.4, 0.5) is 30.5 Å². The van der Waals surface area contributed by atoms with E-state index in [0.29, 0.717) is 33.1 Å². The molecule has 0 radical (unpaired) electrons. The van der Waals surface area contributed by atoms with Crippen molar-refractivity contribution in [2.24, 2.45) is 5.10 Å². The molecule has 2 aromatic carbocycles. The smallest absolute Gasteiger partial charge is 0.507 e. The third kappa shape index (κ3) is 5.54. The Hall–Kier alpha value is -4.19. The van der Waals surface area contributed by atoms with E-state index in [2.05, 4.69) is 40.5 Å². The van der Waals surface area contributed by atoms with Crippen molar-refractivity contribution in [3.63, 3.8) is 0 Å². The van der Waals surface area contributed by atoms with Gasteiger partial charge in [-0.05, 0) is 42.5 Å². The molecule has 0 amide bonds. The highest BCUT2D eigenvalue weighted by Crippen LogP contribution is 2.27. The van der Waals surface area contributed by atoms with Gasteiger partial charge in [0, 0.05) is 16.3 Å². The minimum atomic E-state index is -4.77. The average molecular weight is 476 g/mol. The lowest BCUT2D eigenvalue weighted by Crippen LogP contribution is -2.16. The van der Waals surface area contributed by atoms with Crippen molar-refractivity contribution in [2.45, 2.75) is 6.36 Å². The van der Waals surface area contributed by atoms with Crippen LogP contribution in [0.5, 0.6) is 11.5 Å². The number of anilines is 3. The van der Waals surface area contributed by atoms with E-state index in [-0.39, 0.29) is 17.3 Å². The highest BCUT2D eigenvalue weighted by atomic mass is 35.5. The van der Waals surface area contributed by atoms with Crippen molar-refractivity contribution in [2.75, 3.05) is 10.7 Å². The van der Waals surface area contributed by atoms with E-state index in [9.17, 15) is 18.3 Å². The van der Waals surface area contributed by atoms with Crippen molar-refractivity contribution >= 4 is 46.2 Å². The number of halogens is 4. The maximum absolute atomic E-state index is 12.3. The lowest BCUT2D eigenvalue weighted by molar-refractivity contribution is -0.274. The number of hydrogen-bond donors (Lipinski definition) is 3. The largest absolute Gasteiger partial charge is 0.573 e. The molecule has 0 aliphatic heterocycles. The highest BCUT2D eigenvalue weighted by Gasteiger charge is 2.30. The van der Waals surface area contributed by atoms with Crippen LogP contribution < -0.4 is 15.5 Å². The second-order valence-electron chi connectivity index (χ2n) is 6.41. The van der Waals surface area contributed by atoms with E-state index < -0.39 is 6.36 Å². The summed E-state index contributed by atoms with van der Waals surface area (Å²) in [6.07, 6.45) is -0.870. The molecule has 0 spiro atoms. The summed E-state index contributed by atoms with van der Waals surface area (Å²) in [6, 6.07) is 9.66. The number of aromatic nitrogens is 4. The Balaban J connectivity index is 1.55. The number of rotatable bonds is 6. The fraction of sp³-hybridized carbons (Fsp3) is 0.0500. The number of alkyl halides is 3. The average Bonchev–Trinajstić information content (AvgIpc) is 2.77. The van der Waals surface area contributed by atoms with E-state index in [1.54, 1.807) is 6.07 Å². The molecule has 2 heterocycles. The molecule has 0 saturated carbocycles. The maximum atomic E-state index is 12.3. The van der Waals surface area contributed by atoms with Gasteiger partial charge in [0.15, 0.2) is 11.6 Å². The van der Waals surface area contributed by atoms with Crippen LogP contribution in [0.1, 0.15) is 5.56 Å². The van der Waals surface area contributed by atoms with E-state index in [1.807, 2.05) is 0 Å². The molecule has 0 unspecified atom stereocenters. The Morgan fingerprint density at radius 3 is 2.30 bits per heavy atom. The summed E-state index contributed by atoms with van der Waals surface area (Å²) in [7, 11) is 0. The first-order valence-electron chi connectivity index (χ1n) is 9.14. The molecule has 0 fully saturated rings. The number of nitrogens with one attached hydrogen (secondary N) is 2. The Labute approximate surface area is 189 Å². The van der Waals surface area contributed by atoms with E-state index >= 15 is 0 Å². The maximum Gasteiger partial charge on any atom is 0.573 e. The van der Waals surface area contributed by atoms with Gasteiger partial charge in [0.05, 0.1) is 6.21 Å². The van der Waals surface area contributed by atoms with E-state index in [0.717, 1.165) is 0 Å². The zero-order valence-corrected chi connectivity index (χ0v) is 17.1. The first-order chi connectivity index (χ1) is 15.8. The first-order valence-corrected chi connectivity index (χ1v) is 9.52. The molecular weight excluding hydrogens is 463 g/mol. The number of hydrogen-bond acceptors (Lipinski definition) is 9. The molecule has 9 nitrogen and oxygen atoms in total. The monoisotopic (exact) mass is 475 g/mol. The molecule has 0 atom stereocenters. The van der Waals surface area contributed by atoms with Gasteiger partial charge >= 0.3 is 6.36 Å². The summed E-state index contributed by atoms with van der Waals surface area (Å²) in [6.45, 7) is 0. The molecule has 33 heavy (non-hydrogen) atoms. The summed E-state index contributed by atoms with van der Waals surface area (Å²) < 4.78 is 40.8. The van der Waals surface area contributed by atoms with Gasteiger partial charge in [0.25, 0.3) is 0 Å². The van der Waals surface area contributed by atoms with Gasteiger partial charge in [-0.1, -0.05) is 11.6 Å². The van der Waals surface area contributed by atoms with Crippen molar-refractivity contribution in [3.8, 4) is 11.5 Å². The van der Waals surface area contributed by atoms with Gasteiger partial charge in [-0.25, -0.2) is 19.9 Å². The van der Waals surface area contributed by atoms with Crippen LogP contribution in [0, 0.1) is 0 Å². The Morgan fingerprint density at radius 2 is 1.61 bits per heavy atom. The molecular formula is C20H13ClF3N7O2. The standard InChI is InChI=1S/C20H13ClF3N7O2/c21-12-1-6-15(32)11(7-12)8-29-31-19-17-16(25-10-28-19)18(27-9-26-17)30-13-2-4-14(5-3-13)33-20(22,23)24/h1-10,32H,(H,25,28,31)(H,26,27,30)/b29-8+. The van der Waals surface area contributed by atoms with Crippen LogP contribution in [0.2, 0.25) is 5.02 Å². The van der Waals surface area contributed by atoms with Gasteiger partial charge in [-0.15, -0.1) is 13.2 Å². The Kier molecular flexibility index (Phi) is 6.09. The quantitative estimate of drug-likeness (QED) is 0.267. The molecule has 4 rings (SSSR count). The predicted molar refractivity (Wildman–Crippen MR) is 116 cm³/mol. The number of nitrogens with zero attached hydrogens (tertiary/aromatic N) is 5. The third-order valence-corrected chi connectivity index (χ3v) is 4.37. The van der Waals surface area contributed by atoms with Gasteiger partial charge in [0.1, 0.15) is 35.2 Å². The summed E-state index contributed by atoms with van der Waals surface area (Å²) in [5.74, 6) is 0.208. The molecule has 0 aliphatic rings. The normalized spacial score (nSPS) is 11.6. The molecule has 4 aromatic rings. The van der Waals surface area contributed by atoms with E-state index in [1.165, 1.54) is 55.3 Å². The minimum absolute atomic E-state index is 0.00189. The number of aromatic hydroxyl groups is 1. The molecule has 168 valence electrons. The number of fused-ring (bicyclic) bond motifs is 1. The lowest BCUT2D eigenvalue weighted by Gasteiger charge is -2.11. The first kappa shape index (κ1) is 22.0. The zero-order chi connectivity index (χ0) is 23.4. The van der Waals surface area contributed by atoms with E-state index in [4.69, 9.17) is 11.6 Å². The van der Waals surface area contributed by atoms with Crippen molar-refractivity contribution in [1.29, 1.82) is 0 Å². The SMILES string of the molecule is Oc1ccc(Cl)cc1/C=N/Nc1ncnc2c(Nc3ccc(OC(F)(F)F)cc3)ncnc12. The zero-order valence-electron chi connectivity index (χ0n) is 16.4. The van der Waals surface area contributed by atoms with Crippen LogP contribution in [0.3, 0.4) is 0 Å². The number of ether oxygens (including phenoxy) is 1. The lowest BCUT2D eigenvalue weighted by atomic mass is 10.2. The number of phenols is 1. The Morgan fingerprint density at radius 1 is 0.939 bits per heavy atom. The summed E-state index contributed by atoms with van der Waals surface area (Å²) >= 11 is 5.92. The molecule has 0 aliphatic carbocycles. The van der Waals surface area contributed by atoms with Crippen LogP contribution in [-0.4, -0.2) is 37.6 Å². The molecule has 13 heteroatoms. The fourth-order valence-corrected chi connectivity index (χ4v) is 2.90. The summed E-state index contributed by atoms with van der Waals surface area (Å²) in [4.78, 5) is 16.6.